The van der Waals surface area contributed by atoms with Crippen molar-refractivity contribution in [1.82, 2.24) is 29.5 Å². The van der Waals surface area contributed by atoms with E-state index in [1.807, 2.05) is 48.9 Å². The summed E-state index contributed by atoms with van der Waals surface area (Å²) in [7, 11) is 0. The van der Waals surface area contributed by atoms with E-state index in [9.17, 15) is 5.11 Å². The van der Waals surface area contributed by atoms with Crippen LogP contribution in [-0.4, -0.2) is 34.6 Å². The SMILES string of the molecule is Cc1nn(-c2cc(N)[nH]c3c(ccn2)c(-c2ccc(Cl)cc2)nn3CC2CC2)c(C)c1C(C)(C)O. The van der Waals surface area contributed by atoms with E-state index in [-0.39, 0.29) is 0 Å². The number of anilines is 1. The topological polar surface area (TPSA) is 111 Å². The maximum atomic E-state index is 10.6. The lowest BCUT2D eigenvalue weighted by Gasteiger charge is -2.17. The Morgan fingerprint density at radius 3 is 2.49 bits per heavy atom. The molecule has 1 fully saturated rings. The molecule has 1 saturated carbocycles. The molecule has 5 rings (SSSR count). The third-order valence-corrected chi connectivity index (χ3v) is 6.60. The standard InChI is InChI=1S/C26H30ClN7O/c1-15-23(26(3,4)35)16(2)34(31-15)22-13-21(28)30-25-20(11-12-29-22)24(18-7-9-19(27)10-8-18)32-33(25)14-17-5-6-17/h7-13,17,30,35H,5-6,14,28H2,1-4H3. The first-order chi connectivity index (χ1) is 16.6. The molecule has 3 aromatic heterocycles. The molecule has 1 aliphatic carbocycles. The first kappa shape index (κ1) is 23.4. The van der Waals surface area contributed by atoms with Crippen molar-refractivity contribution in [3.8, 4) is 17.1 Å². The number of aliphatic hydroxyl groups is 1. The molecular weight excluding hydrogens is 462 g/mol. The molecule has 0 spiro atoms. The largest absolute Gasteiger partial charge is 0.386 e. The fourth-order valence-corrected chi connectivity index (χ4v) is 4.79. The average Bonchev–Trinajstić information content (AvgIpc) is 3.44. The number of rotatable bonds is 5. The van der Waals surface area contributed by atoms with Gasteiger partial charge in [-0.1, -0.05) is 23.7 Å². The number of benzene rings is 1. The number of nitrogens with two attached hydrogens (primary N) is 1. The van der Waals surface area contributed by atoms with Gasteiger partial charge >= 0.3 is 0 Å². The third-order valence-electron chi connectivity index (χ3n) is 6.35. The van der Waals surface area contributed by atoms with Crippen LogP contribution in [0.5, 0.6) is 0 Å². The maximum Gasteiger partial charge on any atom is 0.157 e. The summed E-state index contributed by atoms with van der Waals surface area (Å²) in [5.41, 5.74) is 10.4. The number of aryl methyl sites for hydroxylation is 1. The Hall–Kier alpha value is -3.36. The fraction of sp³-hybridized carbons (Fsp3) is 0.346. The number of H-pyrrole nitrogens is 1. The first-order valence-electron chi connectivity index (χ1n) is 11.8. The number of nitrogens with zero attached hydrogens (tertiary/aromatic N) is 5. The van der Waals surface area contributed by atoms with Gasteiger partial charge in [-0.2, -0.15) is 10.2 Å². The van der Waals surface area contributed by atoms with Crippen LogP contribution >= 0.6 is 11.6 Å². The van der Waals surface area contributed by atoms with E-state index in [0.29, 0.717) is 22.6 Å². The number of aromatic nitrogens is 6. The molecular formula is C26H30ClN7O. The molecule has 1 aromatic carbocycles. The lowest BCUT2D eigenvalue weighted by Crippen LogP contribution is -2.17. The molecule has 0 saturated heterocycles. The smallest absolute Gasteiger partial charge is 0.157 e. The molecule has 4 N–H and O–H groups in total. The van der Waals surface area contributed by atoms with E-state index < -0.39 is 5.60 Å². The zero-order valence-corrected chi connectivity index (χ0v) is 21.1. The van der Waals surface area contributed by atoms with Gasteiger partial charge in [0.1, 0.15) is 17.2 Å². The van der Waals surface area contributed by atoms with E-state index in [4.69, 9.17) is 27.4 Å². The molecule has 0 unspecified atom stereocenters. The Morgan fingerprint density at radius 2 is 1.86 bits per heavy atom. The number of fused-ring (bicyclic) bond motifs is 1. The molecule has 0 bridgehead atoms. The van der Waals surface area contributed by atoms with Gasteiger partial charge in [-0.15, -0.1) is 0 Å². The van der Waals surface area contributed by atoms with Gasteiger partial charge in [-0.05, 0) is 64.7 Å². The van der Waals surface area contributed by atoms with Crippen molar-refractivity contribution in [2.24, 2.45) is 5.92 Å². The molecule has 9 heteroatoms. The Balaban J connectivity index is 1.72. The van der Waals surface area contributed by atoms with Crippen molar-refractivity contribution in [3.05, 3.63) is 64.6 Å². The number of aromatic amines is 1. The molecule has 3 heterocycles. The van der Waals surface area contributed by atoms with Crippen LogP contribution in [-0.2, 0) is 12.1 Å². The van der Waals surface area contributed by atoms with Crippen molar-refractivity contribution in [2.75, 3.05) is 5.73 Å². The number of nitrogens with one attached hydrogen (secondary N) is 1. The van der Waals surface area contributed by atoms with Crippen LogP contribution in [0.1, 0.15) is 43.6 Å². The van der Waals surface area contributed by atoms with Gasteiger partial charge in [-0.3, -0.25) is 0 Å². The summed E-state index contributed by atoms with van der Waals surface area (Å²) in [5, 5.41) is 21.8. The maximum absolute atomic E-state index is 10.6. The van der Waals surface area contributed by atoms with Gasteiger partial charge in [0.05, 0.1) is 11.3 Å². The van der Waals surface area contributed by atoms with E-state index in [0.717, 1.165) is 45.8 Å². The lowest BCUT2D eigenvalue weighted by atomic mass is 9.96. The molecule has 8 nitrogen and oxygen atoms in total. The Morgan fingerprint density at radius 1 is 1.14 bits per heavy atom. The molecule has 4 aromatic rings. The van der Waals surface area contributed by atoms with E-state index >= 15 is 0 Å². The molecule has 35 heavy (non-hydrogen) atoms. The summed E-state index contributed by atoms with van der Waals surface area (Å²) in [6.45, 7) is 8.14. The Labute approximate surface area is 209 Å². The Kier molecular flexibility index (Phi) is 5.81. The predicted octanol–water partition coefficient (Wildman–Crippen LogP) is 5.23. The second kappa shape index (κ2) is 8.70. The number of nitrogen functional groups attached to an aromatic ring is 1. The summed E-state index contributed by atoms with van der Waals surface area (Å²) in [6, 6.07) is 11.4. The summed E-state index contributed by atoms with van der Waals surface area (Å²) < 4.78 is 3.72. The van der Waals surface area contributed by atoms with E-state index in [1.165, 1.54) is 12.8 Å². The van der Waals surface area contributed by atoms with Crippen LogP contribution in [0.15, 0.2) is 42.6 Å². The van der Waals surface area contributed by atoms with Crippen LogP contribution in [0.2, 0.25) is 5.02 Å². The van der Waals surface area contributed by atoms with Gasteiger partial charge in [0.25, 0.3) is 0 Å². The molecule has 0 atom stereocenters. The fourth-order valence-electron chi connectivity index (χ4n) is 4.67. The number of halogens is 1. The highest BCUT2D eigenvalue weighted by atomic mass is 35.5. The minimum atomic E-state index is -1.02. The van der Waals surface area contributed by atoms with Crippen LogP contribution < -0.4 is 5.73 Å². The van der Waals surface area contributed by atoms with Crippen molar-refractivity contribution in [2.45, 2.75) is 52.7 Å². The highest BCUT2D eigenvalue weighted by molar-refractivity contribution is 6.30. The van der Waals surface area contributed by atoms with Gasteiger partial charge in [0, 0.05) is 46.0 Å². The van der Waals surface area contributed by atoms with Crippen molar-refractivity contribution < 1.29 is 5.11 Å². The second-order valence-corrected chi connectivity index (χ2v) is 10.2. The second-order valence-electron chi connectivity index (χ2n) is 9.79. The van der Waals surface area contributed by atoms with E-state index in [1.54, 1.807) is 30.8 Å². The normalized spacial score (nSPS) is 13.9. The van der Waals surface area contributed by atoms with Crippen LogP contribution in [0.3, 0.4) is 0 Å². The van der Waals surface area contributed by atoms with Crippen LogP contribution in [0.4, 0.5) is 5.82 Å². The van der Waals surface area contributed by atoms with Gasteiger partial charge in [0.2, 0.25) is 0 Å². The minimum absolute atomic E-state index is 0.422. The number of hydrogen-bond donors (Lipinski definition) is 3. The highest BCUT2D eigenvalue weighted by Crippen LogP contribution is 2.34. The summed E-state index contributed by atoms with van der Waals surface area (Å²) in [6.07, 6.45) is 4.16. The van der Waals surface area contributed by atoms with Gasteiger partial charge in [0.15, 0.2) is 5.82 Å². The Bertz CT molecular complexity index is 1450. The zero-order valence-electron chi connectivity index (χ0n) is 20.4. The molecule has 0 radical (unpaired) electrons. The molecule has 1 aliphatic rings. The highest BCUT2D eigenvalue weighted by Gasteiger charge is 2.26. The third kappa shape index (κ3) is 4.63. The lowest BCUT2D eigenvalue weighted by molar-refractivity contribution is 0.0772. The molecule has 0 amide bonds. The zero-order chi connectivity index (χ0) is 24.9. The number of hydrogen-bond acceptors (Lipinski definition) is 5. The first-order valence-corrected chi connectivity index (χ1v) is 12.1. The van der Waals surface area contributed by atoms with E-state index in [2.05, 4.69) is 10.1 Å². The molecule has 182 valence electrons. The predicted molar refractivity (Wildman–Crippen MR) is 139 cm³/mol. The van der Waals surface area contributed by atoms with Crippen molar-refractivity contribution >= 4 is 28.5 Å². The monoisotopic (exact) mass is 491 g/mol. The average molecular weight is 492 g/mol. The van der Waals surface area contributed by atoms with Crippen LogP contribution in [0.25, 0.3) is 28.1 Å². The van der Waals surface area contributed by atoms with Crippen LogP contribution in [0, 0.1) is 19.8 Å². The minimum Gasteiger partial charge on any atom is -0.386 e. The van der Waals surface area contributed by atoms with Gasteiger partial charge < -0.3 is 15.8 Å². The quantitative estimate of drug-likeness (QED) is 0.354. The summed E-state index contributed by atoms with van der Waals surface area (Å²) >= 11 is 6.12. The summed E-state index contributed by atoms with van der Waals surface area (Å²) in [4.78, 5) is 8.06. The summed E-state index contributed by atoms with van der Waals surface area (Å²) in [5.74, 6) is 1.59. The van der Waals surface area contributed by atoms with Gasteiger partial charge in [-0.25, -0.2) is 14.3 Å². The van der Waals surface area contributed by atoms with Crippen molar-refractivity contribution in [1.29, 1.82) is 0 Å². The molecule has 0 aliphatic heterocycles. The van der Waals surface area contributed by atoms with Crippen molar-refractivity contribution in [3.63, 3.8) is 0 Å².